The number of amides is 1. The van der Waals surface area contributed by atoms with Gasteiger partial charge in [-0.15, -0.1) is 0 Å². The number of hydrogen-bond donors (Lipinski definition) is 1. The summed E-state index contributed by atoms with van der Waals surface area (Å²) in [5, 5.41) is 24.4. The third-order valence-corrected chi connectivity index (χ3v) is 6.39. The van der Waals surface area contributed by atoms with E-state index in [9.17, 15) is 15.3 Å². The number of likely N-dealkylation sites (tertiary alicyclic amines) is 1. The molecule has 0 bridgehead atoms. The van der Waals surface area contributed by atoms with E-state index < -0.39 is 0 Å². The molecule has 1 aliphatic heterocycles. The molecule has 1 amide bonds. The van der Waals surface area contributed by atoms with E-state index in [2.05, 4.69) is 39.6 Å². The lowest BCUT2D eigenvalue weighted by molar-refractivity contribution is 0.0718. The minimum Gasteiger partial charge on any atom is -0.382 e. The first-order valence-corrected chi connectivity index (χ1v) is 11.4. The van der Waals surface area contributed by atoms with E-state index >= 15 is 0 Å². The predicted octanol–water partition coefficient (Wildman–Crippen LogP) is 4.76. The van der Waals surface area contributed by atoms with Crippen molar-refractivity contribution in [2.24, 2.45) is 0 Å². The Morgan fingerprint density at radius 2 is 1.74 bits per heavy atom. The highest BCUT2D eigenvalue weighted by molar-refractivity contribution is 5.98. The monoisotopic (exact) mass is 458 g/mol. The van der Waals surface area contributed by atoms with Crippen molar-refractivity contribution in [1.29, 1.82) is 10.5 Å². The molecule has 1 saturated heterocycles. The highest BCUT2D eigenvalue weighted by Crippen LogP contribution is 2.32. The number of carbonyl (C=O) groups is 1. The van der Waals surface area contributed by atoms with Gasteiger partial charge in [-0.2, -0.15) is 10.5 Å². The minimum atomic E-state index is -0.151. The van der Waals surface area contributed by atoms with Crippen molar-refractivity contribution >= 4 is 22.4 Å². The summed E-state index contributed by atoms with van der Waals surface area (Å²) in [6.07, 6.45) is 8.19. The molecule has 0 aliphatic carbocycles. The number of carbonyl (C=O) groups excluding carboxylic acids is 1. The second-order valence-electron chi connectivity index (χ2n) is 8.56. The summed E-state index contributed by atoms with van der Waals surface area (Å²) in [7, 11) is 0. The van der Waals surface area contributed by atoms with Crippen LogP contribution < -0.4 is 5.32 Å². The molecule has 0 saturated carbocycles. The van der Waals surface area contributed by atoms with Gasteiger partial charge in [0.05, 0.1) is 22.8 Å². The highest BCUT2D eigenvalue weighted by Gasteiger charge is 2.25. The average Bonchev–Trinajstić information content (AvgIpc) is 2.93. The van der Waals surface area contributed by atoms with Gasteiger partial charge in [0.25, 0.3) is 5.91 Å². The normalized spacial score (nSPS) is 13.7. The van der Waals surface area contributed by atoms with E-state index in [0.29, 0.717) is 29.8 Å². The average molecular weight is 459 g/mol. The van der Waals surface area contributed by atoms with Gasteiger partial charge in [0.15, 0.2) is 0 Å². The Labute approximate surface area is 203 Å². The fourth-order valence-corrected chi connectivity index (χ4v) is 4.53. The quantitative estimate of drug-likeness (QED) is 0.473. The lowest BCUT2D eigenvalue weighted by Crippen LogP contribution is -2.42. The van der Waals surface area contributed by atoms with Gasteiger partial charge in [-0.25, -0.2) is 0 Å². The van der Waals surface area contributed by atoms with Crippen molar-refractivity contribution in [1.82, 2.24) is 14.9 Å². The third-order valence-electron chi connectivity index (χ3n) is 6.39. The molecule has 5 rings (SSSR count). The van der Waals surface area contributed by atoms with Crippen LogP contribution in [0.25, 0.3) is 21.9 Å². The summed E-state index contributed by atoms with van der Waals surface area (Å²) in [5.74, 6) is -0.151. The van der Waals surface area contributed by atoms with Gasteiger partial charge in [-0.05, 0) is 65.8 Å². The Morgan fingerprint density at radius 3 is 2.54 bits per heavy atom. The molecule has 4 aromatic rings. The van der Waals surface area contributed by atoms with Gasteiger partial charge in [0.1, 0.15) is 6.07 Å². The number of nitrogens with zero attached hydrogens (tertiary/aromatic N) is 5. The van der Waals surface area contributed by atoms with Crippen molar-refractivity contribution in [3.05, 3.63) is 90.0 Å². The maximum Gasteiger partial charge on any atom is 0.256 e. The standard InChI is InChI=1S/C28H22N6O/c29-15-19-2-1-3-20(12-19)23-13-21-4-8-31-17-25(21)27(14-23)33-24-6-10-34(11-7-24)28(35)26-18-32-9-5-22(26)16-30/h1-5,8-9,12-14,17-18,24,33H,6-7,10-11H2. The molecule has 2 aromatic heterocycles. The summed E-state index contributed by atoms with van der Waals surface area (Å²) in [4.78, 5) is 23.1. The summed E-state index contributed by atoms with van der Waals surface area (Å²) in [5.41, 5.74) is 4.31. The van der Waals surface area contributed by atoms with Gasteiger partial charge < -0.3 is 10.2 Å². The van der Waals surface area contributed by atoms with Gasteiger partial charge in [-0.3, -0.25) is 14.8 Å². The van der Waals surface area contributed by atoms with Crippen LogP contribution in [0.5, 0.6) is 0 Å². The topological polar surface area (TPSA) is 106 Å². The number of benzene rings is 2. The van der Waals surface area contributed by atoms with Crippen LogP contribution in [0.2, 0.25) is 0 Å². The maximum atomic E-state index is 13.0. The first-order chi connectivity index (χ1) is 17.2. The number of fused-ring (bicyclic) bond motifs is 1. The van der Waals surface area contributed by atoms with Crippen LogP contribution in [0, 0.1) is 22.7 Å². The Kier molecular flexibility index (Phi) is 6.07. The molecule has 2 aromatic carbocycles. The van der Waals surface area contributed by atoms with E-state index in [1.807, 2.05) is 30.5 Å². The fourth-order valence-electron chi connectivity index (χ4n) is 4.53. The zero-order valence-corrected chi connectivity index (χ0v) is 19.0. The molecule has 0 radical (unpaired) electrons. The number of hydrogen-bond acceptors (Lipinski definition) is 6. The van der Waals surface area contributed by atoms with Gasteiger partial charge >= 0.3 is 0 Å². The van der Waals surface area contributed by atoms with Crippen molar-refractivity contribution < 1.29 is 4.79 Å². The Balaban J connectivity index is 1.36. The van der Waals surface area contributed by atoms with E-state index in [-0.39, 0.29) is 11.9 Å². The smallest absolute Gasteiger partial charge is 0.256 e. The number of nitriles is 2. The summed E-state index contributed by atoms with van der Waals surface area (Å²) in [6.45, 7) is 1.19. The molecule has 7 heteroatoms. The predicted molar refractivity (Wildman–Crippen MR) is 133 cm³/mol. The van der Waals surface area contributed by atoms with Crippen LogP contribution in [0.1, 0.15) is 34.3 Å². The highest BCUT2D eigenvalue weighted by atomic mass is 16.2. The summed E-state index contributed by atoms with van der Waals surface area (Å²) >= 11 is 0. The number of piperidine rings is 1. The van der Waals surface area contributed by atoms with Gasteiger partial charge in [-0.1, -0.05) is 12.1 Å². The minimum absolute atomic E-state index is 0.151. The molecule has 1 N–H and O–H groups in total. The number of anilines is 1. The van der Waals surface area contributed by atoms with Crippen molar-refractivity contribution in [3.8, 4) is 23.3 Å². The van der Waals surface area contributed by atoms with Crippen LogP contribution in [0.3, 0.4) is 0 Å². The van der Waals surface area contributed by atoms with E-state index in [0.717, 1.165) is 40.4 Å². The lowest BCUT2D eigenvalue weighted by atomic mass is 9.98. The van der Waals surface area contributed by atoms with E-state index in [1.165, 1.54) is 12.4 Å². The number of aromatic nitrogens is 2. The van der Waals surface area contributed by atoms with Gasteiger partial charge in [0, 0.05) is 55.0 Å². The first kappa shape index (κ1) is 22.1. The zero-order valence-electron chi connectivity index (χ0n) is 19.0. The third kappa shape index (κ3) is 4.53. The molecule has 1 aliphatic rings. The SMILES string of the molecule is N#Cc1cccc(-c2cc(NC3CCN(C(=O)c4cnccc4C#N)CC3)c3cnccc3c2)c1. The zero-order chi connectivity index (χ0) is 24.2. The number of nitrogens with one attached hydrogen (secondary N) is 1. The van der Waals surface area contributed by atoms with Crippen molar-refractivity contribution in [2.45, 2.75) is 18.9 Å². The largest absolute Gasteiger partial charge is 0.382 e. The number of pyridine rings is 2. The molecule has 170 valence electrons. The van der Waals surface area contributed by atoms with Crippen molar-refractivity contribution in [2.75, 3.05) is 18.4 Å². The molecule has 7 nitrogen and oxygen atoms in total. The molecule has 35 heavy (non-hydrogen) atoms. The molecule has 0 spiro atoms. The molecule has 3 heterocycles. The molecule has 0 unspecified atom stereocenters. The van der Waals surface area contributed by atoms with Crippen LogP contribution in [0.4, 0.5) is 5.69 Å². The second-order valence-corrected chi connectivity index (χ2v) is 8.56. The maximum absolute atomic E-state index is 13.0. The summed E-state index contributed by atoms with van der Waals surface area (Å²) in [6, 6.07) is 19.8. The Bertz CT molecular complexity index is 1490. The lowest BCUT2D eigenvalue weighted by Gasteiger charge is -2.33. The summed E-state index contributed by atoms with van der Waals surface area (Å²) < 4.78 is 0. The number of rotatable bonds is 4. The molecular weight excluding hydrogens is 436 g/mol. The van der Waals surface area contributed by atoms with E-state index in [4.69, 9.17) is 0 Å². The Morgan fingerprint density at radius 1 is 0.943 bits per heavy atom. The second kappa shape index (κ2) is 9.62. The fraction of sp³-hybridized carbons (Fsp3) is 0.179. The van der Waals surface area contributed by atoms with E-state index in [1.54, 1.807) is 23.2 Å². The van der Waals surface area contributed by atoms with Gasteiger partial charge in [0.2, 0.25) is 0 Å². The molecule has 0 atom stereocenters. The van der Waals surface area contributed by atoms with Crippen LogP contribution in [-0.2, 0) is 0 Å². The first-order valence-electron chi connectivity index (χ1n) is 11.4. The Hall–Kier alpha value is -4.75. The van der Waals surface area contributed by atoms with Crippen LogP contribution in [-0.4, -0.2) is 39.9 Å². The van der Waals surface area contributed by atoms with Crippen LogP contribution in [0.15, 0.2) is 73.3 Å². The molecular formula is C28H22N6O. The van der Waals surface area contributed by atoms with Crippen LogP contribution >= 0.6 is 0 Å². The van der Waals surface area contributed by atoms with Crippen molar-refractivity contribution in [3.63, 3.8) is 0 Å². The molecule has 1 fully saturated rings.